The summed E-state index contributed by atoms with van der Waals surface area (Å²) in [6.45, 7) is 2.64. The van der Waals surface area contributed by atoms with Gasteiger partial charge in [-0.25, -0.2) is 23.1 Å². The van der Waals surface area contributed by atoms with Crippen LogP contribution in [-0.2, 0) is 14.8 Å². The van der Waals surface area contributed by atoms with Crippen molar-refractivity contribution >= 4 is 50.3 Å². The van der Waals surface area contributed by atoms with Crippen LogP contribution >= 0.6 is 11.6 Å². The maximum atomic E-state index is 12.4. The van der Waals surface area contributed by atoms with Gasteiger partial charge in [0.1, 0.15) is 18.0 Å². The van der Waals surface area contributed by atoms with Crippen molar-refractivity contribution in [3.63, 3.8) is 0 Å². The Balaban J connectivity index is 1.64. The first kappa shape index (κ1) is 22.3. The highest BCUT2D eigenvalue weighted by atomic mass is 35.5. The Labute approximate surface area is 191 Å². The zero-order valence-corrected chi connectivity index (χ0v) is 18.9. The van der Waals surface area contributed by atoms with Crippen molar-refractivity contribution in [2.24, 2.45) is 0 Å². The molecule has 0 atom stereocenters. The monoisotopic (exact) mass is 474 g/mol. The van der Waals surface area contributed by atoms with Gasteiger partial charge < -0.3 is 20.3 Å². The molecular formula is C21H23ClN6O3S. The van der Waals surface area contributed by atoms with Gasteiger partial charge in [0.2, 0.25) is 10.0 Å². The minimum Gasteiger partial charge on any atom is -0.378 e. The lowest BCUT2D eigenvalue weighted by molar-refractivity contribution is 0.123. The van der Waals surface area contributed by atoms with Gasteiger partial charge in [-0.05, 0) is 49.5 Å². The number of halogens is 1. The number of hydrogen-bond donors (Lipinski definition) is 3. The Bertz CT molecular complexity index is 1180. The van der Waals surface area contributed by atoms with E-state index in [2.05, 4.69) is 30.2 Å². The first-order valence-electron chi connectivity index (χ1n) is 9.96. The fraction of sp³-hybridized carbons (Fsp3) is 0.238. The predicted molar refractivity (Wildman–Crippen MR) is 126 cm³/mol. The highest BCUT2D eigenvalue weighted by Gasteiger charge is 2.19. The molecule has 1 fully saturated rings. The first-order chi connectivity index (χ1) is 15.4. The Hall–Kier alpha value is -2.92. The maximum absolute atomic E-state index is 12.4. The molecule has 11 heteroatoms. The number of hydrogen-bond acceptors (Lipinski definition) is 8. The standard InChI is InChI=1S/C21H23ClN6O3S/c1-23-32(29,30)17-6-7-19(28-8-10-31-11-9-28)18(12-17)27-21-13-20(24-14-25-21)26-16-4-2-15(22)3-5-16/h2-7,12-14,23H,8-11H2,1H3,(H2,24,25,26,27). The lowest BCUT2D eigenvalue weighted by Gasteiger charge is -2.31. The number of rotatable bonds is 7. The predicted octanol–water partition coefficient (Wildman–Crippen LogP) is 3.36. The van der Waals surface area contributed by atoms with Crippen molar-refractivity contribution in [3.8, 4) is 0 Å². The highest BCUT2D eigenvalue weighted by molar-refractivity contribution is 7.89. The molecule has 0 saturated carbocycles. The summed E-state index contributed by atoms with van der Waals surface area (Å²) >= 11 is 5.94. The Morgan fingerprint density at radius 2 is 1.66 bits per heavy atom. The molecule has 9 nitrogen and oxygen atoms in total. The van der Waals surface area contributed by atoms with E-state index in [1.807, 2.05) is 12.1 Å². The molecule has 2 aromatic carbocycles. The largest absolute Gasteiger partial charge is 0.378 e. The topological polar surface area (TPSA) is 108 Å². The van der Waals surface area contributed by atoms with Crippen LogP contribution in [-0.4, -0.2) is 51.7 Å². The van der Waals surface area contributed by atoms with Crippen molar-refractivity contribution in [3.05, 3.63) is 59.9 Å². The van der Waals surface area contributed by atoms with Crippen LogP contribution in [0.5, 0.6) is 0 Å². The molecule has 0 spiro atoms. The molecule has 1 aliphatic rings. The van der Waals surface area contributed by atoms with E-state index in [0.717, 1.165) is 11.4 Å². The van der Waals surface area contributed by atoms with Crippen molar-refractivity contribution in [1.29, 1.82) is 0 Å². The summed E-state index contributed by atoms with van der Waals surface area (Å²) in [5, 5.41) is 7.10. The summed E-state index contributed by atoms with van der Waals surface area (Å²) in [7, 11) is -2.22. The Kier molecular flexibility index (Phi) is 6.75. The van der Waals surface area contributed by atoms with E-state index in [1.54, 1.807) is 36.4 Å². The molecule has 1 aliphatic heterocycles. The first-order valence-corrected chi connectivity index (χ1v) is 11.8. The summed E-state index contributed by atoms with van der Waals surface area (Å²) in [6.07, 6.45) is 1.43. The van der Waals surface area contributed by atoms with E-state index in [0.29, 0.717) is 48.6 Å². The summed E-state index contributed by atoms with van der Waals surface area (Å²) in [5.74, 6) is 1.10. The molecule has 1 aromatic heterocycles. The number of nitrogens with zero attached hydrogens (tertiary/aromatic N) is 3. The SMILES string of the molecule is CNS(=O)(=O)c1ccc(N2CCOCC2)c(Nc2cc(Nc3ccc(Cl)cc3)ncn2)c1. The van der Waals surface area contributed by atoms with Crippen LogP contribution in [0, 0.1) is 0 Å². The quantitative estimate of drug-likeness (QED) is 0.478. The van der Waals surface area contributed by atoms with E-state index in [-0.39, 0.29) is 4.90 Å². The number of aromatic nitrogens is 2. The zero-order chi connectivity index (χ0) is 22.6. The number of anilines is 5. The minimum absolute atomic E-state index is 0.160. The average molecular weight is 475 g/mol. The third-order valence-electron chi connectivity index (χ3n) is 4.95. The lowest BCUT2D eigenvalue weighted by Crippen LogP contribution is -2.36. The average Bonchev–Trinajstić information content (AvgIpc) is 2.81. The summed E-state index contributed by atoms with van der Waals surface area (Å²) in [4.78, 5) is 10.9. The second-order valence-electron chi connectivity index (χ2n) is 7.03. The van der Waals surface area contributed by atoms with Crippen LogP contribution in [0.4, 0.5) is 28.7 Å². The van der Waals surface area contributed by atoms with Crippen LogP contribution in [0.3, 0.4) is 0 Å². The lowest BCUT2D eigenvalue weighted by atomic mass is 10.2. The van der Waals surface area contributed by atoms with Gasteiger partial charge in [0.25, 0.3) is 0 Å². The fourth-order valence-corrected chi connectivity index (χ4v) is 4.18. The zero-order valence-electron chi connectivity index (χ0n) is 17.4. The summed E-state index contributed by atoms with van der Waals surface area (Å²) in [6, 6.07) is 14.0. The minimum atomic E-state index is -3.60. The highest BCUT2D eigenvalue weighted by Crippen LogP contribution is 2.32. The third-order valence-corrected chi connectivity index (χ3v) is 6.61. The molecule has 0 radical (unpaired) electrons. The van der Waals surface area contributed by atoms with E-state index in [9.17, 15) is 8.42 Å². The van der Waals surface area contributed by atoms with Crippen molar-refractivity contribution in [1.82, 2.24) is 14.7 Å². The van der Waals surface area contributed by atoms with Crippen LogP contribution in [0.1, 0.15) is 0 Å². The second kappa shape index (κ2) is 9.70. The van der Waals surface area contributed by atoms with E-state index < -0.39 is 10.0 Å². The third kappa shape index (κ3) is 5.28. The van der Waals surface area contributed by atoms with Gasteiger partial charge in [0.05, 0.1) is 29.5 Å². The van der Waals surface area contributed by atoms with Gasteiger partial charge >= 0.3 is 0 Å². The number of sulfonamides is 1. The molecule has 32 heavy (non-hydrogen) atoms. The van der Waals surface area contributed by atoms with Crippen molar-refractivity contribution in [2.75, 3.05) is 48.9 Å². The molecule has 0 bridgehead atoms. The normalized spacial score (nSPS) is 14.2. The number of benzene rings is 2. The fourth-order valence-electron chi connectivity index (χ4n) is 3.29. The smallest absolute Gasteiger partial charge is 0.240 e. The van der Waals surface area contributed by atoms with Crippen molar-refractivity contribution < 1.29 is 13.2 Å². The molecule has 4 rings (SSSR count). The van der Waals surface area contributed by atoms with E-state index in [1.165, 1.54) is 13.4 Å². The van der Waals surface area contributed by atoms with Gasteiger partial charge in [0.15, 0.2) is 0 Å². The molecule has 0 amide bonds. The second-order valence-corrected chi connectivity index (χ2v) is 9.35. The number of nitrogens with one attached hydrogen (secondary N) is 3. The van der Waals surface area contributed by atoms with Gasteiger partial charge in [-0.3, -0.25) is 0 Å². The van der Waals surface area contributed by atoms with Crippen molar-refractivity contribution in [2.45, 2.75) is 4.90 Å². The molecule has 0 aliphatic carbocycles. The van der Waals surface area contributed by atoms with Gasteiger partial charge in [-0.1, -0.05) is 11.6 Å². The number of morpholine rings is 1. The van der Waals surface area contributed by atoms with Crippen LogP contribution in [0.15, 0.2) is 59.8 Å². The maximum Gasteiger partial charge on any atom is 0.240 e. The van der Waals surface area contributed by atoms with E-state index in [4.69, 9.17) is 16.3 Å². The Morgan fingerprint density at radius 1 is 0.969 bits per heavy atom. The number of ether oxygens (including phenoxy) is 1. The molecular weight excluding hydrogens is 452 g/mol. The van der Waals surface area contributed by atoms with Crippen LogP contribution in [0.25, 0.3) is 0 Å². The summed E-state index contributed by atoms with van der Waals surface area (Å²) in [5.41, 5.74) is 2.32. The Morgan fingerprint density at radius 3 is 2.34 bits per heavy atom. The molecule has 1 saturated heterocycles. The molecule has 0 unspecified atom stereocenters. The van der Waals surface area contributed by atoms with E-state index >= 15 is 0 Å². The van der Waals surface area contributed by atoms with Crippen LogP contribution < -0.4 is 20.3 Å². The van der Waals surface area contributed by atoms with Gasteiger partial charge in [-0.15, -0.1) is 0 Å². The van der Waals surface area contributed by atoms with Crippen LogP contribution in [0.2, 0.25) is 5.02 Å². The molecule has 2 heterocycles. The molecule has 3 aromatic rings. The molecule has 3 N–H and O–H groups in total. The van der Waals surface area contributed by atoms with Gasteiger partial charge in [-0.2, -0.15) is 0 Å². The summed E-state index contributed by atoms with van der Waals surface area (Å²) < 4.78 is 32.5. The molecule has 168 valence electrons. The van der Waals surface area contributed by atoms with Gasteiger partial charge in [0, 0.05) is 29.9 Å².